The molecular weight excluding hydrogens is 136 g/mol. The number of rotatable bonds is 4. The van der Waals surface area contributed by atoms with Crippen LogP contribution in [0.15, 0.2) is 0 Å². The van der Waals surface area contributed by atoms with Gasteiger partial charge in [0.2, 0.25) is 0 Å². The van der Waals surface area contributed by atoms with E-state index in [-0.39, 0.29) is 0 Å². The van der Waals surface area contributed by atoms with Gasteiger partial charge in [-0.1, -0.05) is 20.8 Å². The number of nitrogens with zero attached hydrogens (tertiary/aromatic N) is 1. The van der Waals surface area contributed by atoms with Gasteiger partial charge in [-0.15, -0.1) is 0 Å². The number of hydrogen-bond donors (Lipinski definition) is 1. The van der Waals surface area contributed by atoms with Crippen molar-refractivity contribution in [2.75, 3.05) is 13.1 Å². The SMILES string of the molecule is CCCN(CC)C(=N)C(C)C. The Hall–Kier alpha value is -0.530. The van der Waals surface area contributed by atoms with E-state index >= 15 is 0 Å². The highest BCUT2D eigenvalue weighted by Crippen LogP contribution is 2.01. The van der Waals surface area contributed by atoms with Crippen molar-refractivity contribution in [1.82, 2.24) is 4.90 Å². The maximum absolute atomic E-state index is 7.73. The summed E-state index contributed by atoms with van der Waals surface area (Å²) in [5.41, 5.74) is 0. The topological polar surface area (TPSA) is 27.1 Å². The Kier molecular flexibility index (Phi) is 4.92. The second-order valence-electron chi connectivity index (χ2n) is 3.12. The minimum absolute atomic E-state index is 0.362. The highest BCUT2D eigenvalue weighted by molar-refractivity contribution is 5.80. The summed E-state index contributed by atoms with van der Waals surface area (Å²) in [5, 5.41) is 7.73. The van der Waals surface area contributed by atoms with E-state index in [1.165, 1.54) is 0 Å². The summed E-state index contributed by atoms with van der Waals surface area (Å²) >= 11 is 0. The first-order valence-corrected chi connectivity index (χ1v) is 4.46. The Balaban J connectivity index is 3.92. The molecule has 0 atom stereocenters. The first-order valence-electron chi connectivity index (χ1n) is 4.46. The lowest BCUT2D eigenvalue weighted by atomic mass is 10.2. The van der Waals surface area contributed by atoms with Crippen LogP contribution in [0.5, 0.6) is 0 Å². The van der Waals surface area contributed by atoms with Crippen LogP contribution in [-0.2, 0) is 0 Å². The molecule has 0 rings (SSSR count). The van der Waals surface area contributed by atoms with Crippen molar-refractivity contribution in [1.29, 1.82) is 5.41 Å². The van der Waals surface area contributed by atoms with Gasteiger partial charge in [-0.25, -0.2) is 0 Å². The number of hydrogen-bond acceptors (Lipinski definition) is 1. The molecule has 0 unspecified atom stereocenters. The van der Waals surface area contributed by atoms with Gasteiger partial charge in [-0.3, -0.25) is 5.41 Å². The number of amidine groups is 1. The van der Waals surface area contributed by atoms with Crippen LogP contribution in [0.4, 0.5) is 0 Å². The summed E-state index contributed by atoms with van der Waals surface area (Å²) in [7, 11) is 0. The molecule has 2 nitrogen and oxygen atoms in total. The Bertz CT molecular complexity index is 119. The Labute approximate surface area is 70.1 Å². The molecular formula is C9H20N2. The van der Waals surface area contributed by atoms with Crippen molar-refractivity contribution in [3.8, 4) is 0 Å². The van der Waals surface area contributed by atoms with E-state index in [4.69, 9.17) is 5.41 Å². The average Bonchev–Trinajstić information content (AvgIpc) is 1.98. The predicted octanol–water partition coefficient (Wildman–Crippen LogP) is 2.35. The molecule has 0 saturated carbocycles. The molecule has 0 radical (unpaired) electrons. The van der Waals surface area contributed by atoms with E-state index < -0.39 is 0 Å². The third-order valence-electron chi connectivity index (χ3n) is 1.76. The van der Waals surface area contributed by atoms with Crippen LogP contribution in [0.3, 0.4) is 0 Å². The average molecular weight is 156 g/mol. The van der Waals surface area contributed by atoms with Crippen LogP contribution in [0.2, 0.25) is 0 Å². The van der Waals surface area contributed by atoms with Crippen LogP contribution in [-0.4, -0.2) is 23.8 Å². The molecule has 0 aromatic rings. The summed E-state index contributed by atoms with van der Waals surface area (Å²) in [4.78, 5) is 2.13. The smallest absolute Gasteiger partial charge is 0.0983 e. The molecule has 0 fully saturated rings. The fourth-order valence-corrected chi connectivity index (χ4v) is 1.08. The fourth-order valence-electron chi connectivity index (χ4n) is 1.08. The molecule has 0 saturated heterocycles. The zero-order valence-electron chi connectivity index (χ0n) is 8.15. The predicted molar refractivity (Wildman–Crippen MR) is 50.1 cm³/mol. The minimum atomic E-state index is 0.362. The monoisotopic (exact) mass is 156 g/mol. The molecule has 0 heterocycles. The molecule has 11 heavy (non-hydrogen) atoms. The van der Waals surface area contributed by atoms with Crippen molar-refractivity contribution in [3.05, 3.63) is 0 Å². The van der Waals surface area contributed by atoms with Crippen molar-refractivity contribution in [2.45, 2.75) is 34.1 Å². The van der Waals surface area contributed by atoms with Crippen LogP contribution in [0, 0.1) is 11.3 Å². The van der Waals surface area contributed by atoms with Crippen molar-refractivity contribution in [3.63, 3.8) is 0 Å². The third-order valence-corrected chi connectivity index (χ3v) is 1.76. The second kappa shape index (κ2) is 5.16. The van der Waals surface area contributed by atoms with Gasteiger partial charge in [0.25, 0.3) is 0 Å². The lowest BCUT2D eigenvalue weighted by molar-refractivity contribution is 0.415. The molecule has 0 aromatic carbocycles. The van der Waals surface area contributed by atoms with Gasteiger partial charge in [0.1, 0.15) is 0 Å². The first kappa shape index (κ1) is 10.5. The van der Waals surface area contributed by atoms with Crippen molar-refractivity contribution < 1.29 is 0 Å². The Morgan fingerprint density at radius 3 is 2.18 bits per heavy atom. The second-order valence-corrected chi connectivity index (χ2v) is 3.12. The van der Waals surface area contributed by atoms with E-state index in [1.54, 1.807) is 0 Å². The molecule has 0 bridgehead atoms. The highest BCUT2D eigenvalue weighted by Gasteiger charge is 2.09. The van der Waals surface area contributed by atoms with E-state index in [2.05, 4.69) is 32.6 Å². The lowest BCUT2D eigenvalue weighted by Crippen LogP contribution is -2.34. The molecule has 0 aliphatic carbocycles. The van der Waals surface area contributed by atoms with Crippen LogP contribution in [0.1, 0.15) is 34.1 Å². The Morgan fingerprint density at radius 2 is 1.91 bits per heavy atom. The fraction of sp³-hybridized carbons (Fsp3) is 0.889. The van der Waals surface area contributed by atoms with E-state index in [1.807, 2.05) is 0 Å². The van der Waals surface area contributed by atoms with Gasteiger partial charge < -0.3 is 4.90 Å². The van der Waals surface area contributed by atoms with Crippen LogP contribution < -0.4 is 0 Å². The van der Waals surface area contributed by atoms with E-state index in [0.29, 0.717) is 5.92 Å². The van der Waals surface area contributed by atoms with E-state index in [0.717, 1.165) is 25.3 Å². The molecule has 1 N–H and O–H groups in total. The molecule has 0 aliphatic rings. The van der Waals surface area contributed by atoms with Crippen molar-refractivity contribution >= 4 is 5.84 Å². The minimum Gasteiger partial charge on any atom is -0.361 e. The highest BCUT2D eigenvalue weighted by atomic mass is 15.2. The summed E-state index contributed by atoms with van der Waals surface area (Å²) in [6, 6.07) is 0. The van der Waals surface area contributed by atoms with E-state index in [9.17, 15) is 0 Å². The van der Waals surface area contributed by atoms with Crippen molar-refractivity contribution in [2.24, 2.45) is 5.92 Å². The molecule has 0 amide bonds. The standard InChI is InChI=1S/C9H20N2/c1-5-7-11(6-2)9(10)8(3)4/h8,10H,5-7H2,1-4H3. The summed E-state index contributed by atoms with van der Waals surface area (Å²) in [5.74, 6) is 1.14. The van der Waals surface area contributed by atoms with Gasteiger partial charge in [-0.05, 0) is 13.3 Å². The van der Waals surface area contributed by atoms with Crippen LogP contribution >= 0.6 is 0 Å². The zero-order valence-corrected chi connectivity index (χ0v) is 8.15. The molecule has 0 aromatic heterocycles. The van der Waals surface area contributed by atoms with Crippen LogP contribution in [0.25, 0.3) is 0 Å². The van der Waals surface area contributed by atoms with Gasteiger partial charge in [0, 0.05) is 19.0 Å². The number of nitrogens with one attached hydrogen (secondary N) is 1. The van der Waals surface area contributed by atoms with Gasteiger partial charge >= 0.3 is 0 Å². The van der Waals surface area contributed by atoms with Gasteiger partial charge in [0.05, 0.1) is 5.84 Å². The lowest BCUT2D eigenvalue weighted by Gasteiger charge is -2.25. The summed E-state index contributed by atoms with van der Waals surface area (Å²) in [6.07, 6.45) is 1.13. The summed E-state index contributed by atoms with van der Waals surface area (Å²) < 4.78 is 0. The molecule has 0 spiro atoms. The Morgan fingerprint density at radius 1 is 1.36 bits per heavy atom. The van der Waals surface area contributed by atoms with Gasteiger partial charge in [-0.2, -0.15) is 0 Å². The van der Waals surface area contributed by atoms with Gasteiger partial charge in [0.15, 0.2) is 0 Å². The maximum atomic E-state index is 7.73. The molecule has 2 heteroatoms. The molecule has 0 aliphatic heterocycles. The largest absolute Gasteiger partial charge is 0.361 e. The quantitative estimate of drug-likeness (QED) is 0.491. The third kappa shape index (κ3) is 3.40. The maximum Gasteiger partial charge on any atom is 0.0983 e. The zero-order chi connectivity index (χ0) is 8.85. The first-order chi connectivity index (χ1) is 5.13. The summed E-state index contributed by atoms with van der Waals surface area (Å²) in [6.45, 7) is 10.4. The normalized spacial score (nSPS) is 10.3. The molecule has 66 valence electrons.